The highest BCUT2D eigenvalue weighted by atomic mass is 35.5. The van der Waals surface area contributed by atoms with E-state index in [0.717, 1.165) is 31.5 Å². The van der Waals surface area contributed by atoms with E-state index in [2.05, 4.69) is 12.2 Å². The predicted molar refractivity (Wildman–Crippen MR) is 67.8 cm³/mol. The number of hydrogen-bond acceptors (Lipinski definition) is 2. The van der Waals surface area contributed by atoms with Crippen molar-refractivity contribution < 1.29 is 4.79 Å². The maximum atomic E-state index is 11.8. The summed E-state index contributed by atoms with van der Waals surface area (Å²) in [5.41, 5.74) is 0. The first-order valence-corrected chi connectivity index (χ1v) is 6.28. The largest absolute Gasteiger partial charge is 0.341 e. The fourth-order valence-electron chi connectivity index (χ4n) is 2.21. The van der Waals surface area contributed by atoms with Gasteiger partial charge in [0.25, 0.3) is 0 Å². The van der Waals surface area contributed by atoms with Crippen molar-refractivity contribution >= 4 is 18.3 Å². The highest BCUT2D eigenvalue weighted by molar-refractivity contribution is 5.85. The van der Waals surface area contributed by atoms with Gasteiger partial charge < -0.3 is 10.2 Å². The van der Waals surface area contributed by atoms with E-state index in [4.69, 9.17) is 0 Å². The molecule has 1 saturated heterocycles. The van der Waals surface area contributed by atoms with Gasteiger partial charge in [-0.2, -0.15) is 0 Å². The van der Waals surface area contributed by atoms with Gasteiger partial charge in [0.15, 0.2) is 0 Å². The number of amides is 1. The van der Waals surface area contributed by atoms with E-state index in [1.165, 1.54) is 25.7 Å². The molecule has 0 bridgehead atoms. The summed E-state index contributed by atoms with van der Waals surface area (Å²) < 4.78 is 0. The van der Waals surface area contributed by atoms with Crippen molar-refractivity contribution in [2.45, 2.75) is 32.6 Å². The molecule has 1 aliphatic heterocycles. The summed E-state index contributed by atoms with van der Waals surface area (Å²) in [4.78, 5) is 13.8. The molecule has 1 aliphatic carbocycles. The molecule has 1 saturated carbocycles. The minimum atomic E-state index is 0. The molecule has 16 heavy (non-hydrogen) atoms. The number of halogens is 1. The summed E-state index contributed by atoms with van der Waals surface area (Å²) in [6.07, 6.45) is 5.11. The van der Waals surface area contributed by atoms with Gasteiger partial charge in [0.1, 0.15) is 0 Å². The highest BCUT2D eigenvalue weighted by Gasteiger charge is 2.25. The summed E-state index contributed by atoms with van der Waals surface area (Å²) in [6, 6.07) is 0. The lowest BCUT2D eigenvalue weighted by Gasteiger charge is -2.16. The van der Waals surface area contributed by atoms with Gasteiger partial charge in [-0.05, 0) is 37.6 Å². The van der Waals surface area contributed by atoms with Crippen molar-refractivity contribution in [3.63, 3.8) is 0 Å². The second kappa shape index (κ2) is 6.45. The molecular formula is C12H23ClN2O. The lowest BCUT2D eigenvalue weighted by Crippen LogP contribution is -2.37. The average molecular weight is 247 g/mol. The minimum Gasteiger partial charge on any atom is -0.341 e. The molecule has 0 aromatic carbocycles. The van der Waals surface area contributed by atoms with Crippen LogP contribution in [-0.2, 0) is 4.79 Å². The third-order valence-electron chi connectivity index (χ3n) is 3.62. The zero-order valence-corrected chi connectivity index (χ0v) is 10.9. The van der Waals surface area contributed by atoms with Crippen molar-refractivity contribution in [1.29, 1.82) is 0 Å². The van der Waals surface area contributed by atoms with E-state index >= 15 is 0 Å². The van der Waals surface area contributed by atoms with Crippen LogP contribution in [0.1, 0.15) is 32.6 Å². The molecule has 1 atom stereocenters. The fourth-order valence-corrected chi connectivity index (χ4v) is 2.21. The Morgan fingerprint density at radius 2 is 2.06 bits per heavy atom. The van der Waals surface area contributed by atoms with E-state index in [9.17, 15) is 4.79 Å². The Balaban J connectivity index is 0.00000128. The second-order valence-corrected chi connectivity index (χ2v) is 4.98. The van der Waals surface area contributed by atoms with Crippen LogP contribution < -0.4 is 5.32 Å². The van der Waals surface area contributed by atoms with Crippen molar-refractivity contribution in [2.24, 2.45) is 11.8 Å². The van der Waals surface area contributed by atoms with E-state index in [1.807, 2.05) is 4.90 Å². The van der Waals surface area contributed by atoms with Crippen molar-refractivity contribution in [3.05, 3.63) is 0 Å². The van der Waals surface area contributed by atoms with Crippen LogP contribution >= 0.6 is 12.4 Å². The van der Waals surface area contributed by atoms with Crippen molar-refractivity contribution in [3.8, 4) is 0 Å². The molecule has 0 aromatic heterocycles. The van der Waals surface area contributed by atoms with Crippen LogP contribution in [0.15, 0.2) is 0 Å². The zero-order chi connectivity index (χ0) is 10.7. The van der Waals surface area contributed by atoms with Gasteiger partial charge in [0.05, 0.1) is 6.54 Å². The first-order chi connectivity index (χ1) is 7.29. The molecule has 1 heterocycles. The molecular weight excluding hydrogens is 224 g/mol. The van der Waals surface area contributed by atoms with E-state index in [0.29, 0.717) is 12.5 Å². The van der Waals surface area contributed by atoms with Crippen molar-refractivity contribution in [1.82, 2.24) is 10.2 Å². The zero-order valence-electron chi connectivity index (χ0n) is 10.1. The molecule has 94 valence electrons. The van der Waals surface area contributed by atoms with Gasteiger partial charge in [-0.25, -0.2) is 0 Å². The summed E-state index contributed by atoms with van der Waals surface area (Å²) in [5, 5.41) is 3.27. The van der Waals surface area contributed by atoms with Gasteiger partial charge in [-0.3, -0.25) is 4.79 Å². The molecule has 0 radical (unpaired) electrons. The smallest absolute Gasteiger partial charge is 0.236 e. The third-order valence-corrected chi connectivity index (χ3v) is 3.62. The second-order valence-electron chi connectivity index (χ2n) is 4.98. The summed E-state index contributed by atoms with van der Waals surface area (Å²) in [7, 11) is 0. The Kier molecular flexibility index (Phi) is 5.56. The Morgan fingerprint density at radius 1 is 1.31 bits per heavy atom. The number of carbonyl (C=O) groups excluding carboxylic acids is 1. The van der Waals surface area contributed by atoms with Gasteiger partial charge >= 0.3 is 0 Å². The maximum Gasteiger partial charge on any atom is 0.236 e. The first-order valence-electron chi connectivity index (χ1n) is 6.28. The molecule has 2 rings (SSSR count). The quantitative estimate of drug-likeness (QED) is 0.801. The SMILES string of the molecule is CCC1CCN(C(=O)CNCC2CC2)C1.Cl. The standard InChI is InChI=1S/C12H22N2O.ClH/c1-2-10-5-6-14(9-10)12(15)8-13-7-11-3-4-11;/h10-11,13H,2-9H2,1H3;1H. The number of nitrogens with zero attached hydrogens (tertiary/aromatic N) is 1. The Labute approximate surface area is 104 Å². The lowest BCUT2D eigenvalue weighted by atomic mass is 10.1. The van der Waals surface area contributed by atoms with Gasteiger partial charge in [0.2, 0.25) is 5.91 Å². The van der Waals surface area contributed by atoms with Crippen LogP contribution in [-0.4, -0.2) is 37.0 Å². The monoisotopic (exact) mass is 246 g/mol. The van der Waals surface area contributed by atoms with Gasteiger partial charge in [0, 0.05) is 13.1 Å². The Hall–Kier alpha value is -0.280. The molecule has 1 unspecified atom stereocenters. The molecule has 4 heteroatoms. The summed E-state index contributed by atoms with van der Waals surface area (Å²) >= 11 is 0. The van der Waals surface area contributed by atoms with Crippen LogP contribution in [0.2, 0.25) is 0 Å². The Bertz CT molecular complexity index is 231. The van der Waals surface area contributed by atoms with Crippen LogP contribution in [0.3, 0.4) is 0 Å². The molecule has 1 amide bonds. The molecule has 3 nitrogen and oxygen atoms in total. The fraction of sp³-hybridized carbons (Fsp3) is 0.917. The number of nitrogens with one attached hydrogen (secondary N) is 1. The Morgan fingerprint density at radius 3 is 2.62 bits per heavy atom. The molecule has 0 aromatic rings. The topological polar surface area (TPSA) is 32.3 Å². The predicted octanol–water partition coefficient (Wildman–Crippen LogP) is 1.67. The first kappa shape index (κ1) is 13.8. The van der Waals surface area contributed by atoms with Gasteiger partial charge in [-0.15, -0.1) is 12.4 Å². The molecule has 2 fully saturated rings. The molecule has 1 N–H and O–H groups in total. The normalized spacial score (nSPS) is 24.3. The number of carbonyl (C=O) groups is 1. The maximum absolute atomic E-state index is 11.8. The van der Waals surface area contributed by atoms with Crippen LogP contribution in [0, 0.1) is 11.8 Å². The number of likely N-dealkylation sites (tertiary alicyclic amines) is 1. The number of rotatable bonds is 5. The van der Waals surface area contributed by atoms with E-state index < -0.39 is 0 Å². The average Bonchev–Trinajstić information content (AvgIpc) is 2.94. The summed E-state index contributed by atoms with van der Waals surface area (Å²) in [5.74, 6) is 1.91. The van der Waals surface area contributed by atoms with E-state index in [-0.39, 0.29) is 12.4 Å². The van der Waals surface area contributed by atoms with Crippen LogP contribution in [0.5, 0.6) is 0 Å². The lowest BCUT2D eigenvalue weighted by molar-refractivity contribution is -0.129. The third kappa shape index (κ3) is 3.95. The molecule has 2 aliphatic rings. The van der Waals surface area contributed by atoms with Gasteiger partial charge in [-0.1, -0.05) is 13.3 Å². The van der Waals surface area contributed by atoms with Crippen LogP contribution in [0.25, 0.3) is 0 Å². The van der Waals surface area contributed by atoms with Crippen molar-refractivity contribution in [2.75, 3.05) is 26.2 Å². The molecule has 0 spiro atoms. The minimum absolute atomic E-state index is 0. The van der Waals surface area contributed by atoms with Crippen LogP contribution in [0.4, 0.5) is 0 Å². The summed E-state index contributed by atoms with van der Waals surface area (Å²) in [6.45, 7) is 5.76. The van der Waals surface area contributed by atoms with E-state index in [1.54, 1.807) is 0 Å². The highest BCUT2D eigenvalue weighted by Crippen LogP contribution is 2.27. The number of hydrogen-bond donors (Lipinski definition) is 1.